The molecule has 0 spiro atoms. The van der Waals surface area contributed by atoms with Gasteiger partial charge in [-0.2, -0.15) is 0 Å². The van der Waals surface area contributed by atoms with Crippen molar-refractivity contribution < 1.29 is 33.6 Å². The number of phenolic OH excluding ortho intramolecular Hbond substituents is 1. The fourth-order valence-corrected chi connectivity index (χ4v) is 3.57. The number of ether oxygens (including phenoxy) is 4. The number of fused-ring (bicyclic) bond motifs is 1. The largest absolute Gasteiger partial charge is 0.507 e. The molecule has 2 heterocycles. The Hall–Kier alpha value is -2.58. The number of benzene rings is 1. The van der Waals surface area contributed by atoms with Crippen molar-refractivity contribution in [3.05, 3.63) is 33.9 Å². The number of allylic oxidation sites excluding steroid dienone is 1. The first-order valence-electron chi connectivity index (χ1n) is 9.66. The summed E-state index contributed by atoms with van der Waals surface area (Å²) < 4.78 is 21.1. The van der Waals surface area contributed by atoms with Crippen LogP contribution in [0.25, 0.3) is 0 Å². The van der Waals surface area contributed by atoms with Crippen LogP contribution in [-0.4, -0.2) is 68.5 Å². The first kappa shape index (κ1) is 21.1. The van der Waals surface area contributed by atoms with Crippen LogP contribution >= 0.6 is 0 Å². The van der Waals surface area contributed by atoms with Gasteiger partial charge in [-0.1, -0.05) is 6.08 Å². The fraction of sp³-hybridized carbons (Fsp3) is 0.524. The molecule has 1 aromatic carbocycles. The lowest BCUT2D eigenvalue weighted by Gasteiger charge is -2.26. The van der Waals surface area contributed by atoms with Crippen LogP contribution in [0.2, 0.25) is 0 Å². The zero-order chi connectivity index (χ0) is 21.0. The van der Waals surface area contributed by atoms with Gasteiger partial charge in [0.2, 0.25) is 0 Å². The predicted molar refractivity (Wildman–Crippen MR) is 104 cm³/mol. The molecule has 2 aliphatic heterocycles. The number of carbonyl (C=O) groups is 2. The standard InChI is InChI=1S/C21H27NO7/c1-13(20(24)28-11-8-22-6-9-27-10-7-22)4-5-15-18(23)17-16(12-29-21(17)25)14(2)19(15)26-3/h4,23H,5-12H2,1-3H3/b13-4+. The summed E-state index contributed by atoms with van der Waals surface area (Å²) in [4.78, 5) is 26.4. The van der Waals surface area contributed by atoms with E-state index in [4.69, 9.17) is 18.9 Å². The number of hydrogen-bond donors (Lipinski definition) is 1. The van der Waals surface area contributed by atoms with E-state index in [9.17, 15) is 14.7 Å². The zero-order valence-electron chi connectivity index (χ0n) is 17.1. The van der Waals surface area contributed by atoms with Crippen molar-refractivity contribution in [3.63, 3.8) is 0 Å². The van der Waals surface area contributed by atoms with Gasteiger partial charge in [-0.25, -0.2) is 9.59 Å². The van der Waals surface area contributed by atoms with Crippen LogP contribution in [0.1, 0.15) is 34.0 Å². The Morgan fingerprint density at radius 2 is 2.03 bits per heavy atom. The molecular weight excluding hydrogens is 378 g/mol. The predicted octanol–water partition coefficient (Wildman–Crippen LogP) is 1.74. The highest BCUT2D eigenvalue weighted by molar-refractivity contribution is 5.98. The molecule has 2 aliphatic rings. The number of methoxy groups -OCH3 is 1. The van der Waals surface area contributed by atoms with Crippen LogP contribution in [-0.2, 0) is 32.0 Å². The summed E-state index contributed by atoms with van der Waals surface area (Å²) in [5.41, 5.74) is 2.44. The third-order valence-electron chi connectivity index (χ3n) is 5.33. The first-order chi connectivity index (χ1) is 13.9. The molecule has 158 valence electrons. The molecule has 0 atom stereocenters. The number of hydrogen-bond acceptors (Lipinski definition) is 8. The smallest absolute Gasteiger partial charge is 0.342 e. The lowest BCUT2D eigenvalue weighted by molar-refractivity contribution is -0.139. The van der Waals surface area contributed by atoms with Gasteiger partial charge in [-0.15, -0.1) is 0 Å². The molecule has 1 saturated heterocycles. The molecule has 29 heavy (non-hydrogen) atoms. The Morgan fingerprint density at radius 1 is 1.31 bits per heavy atom. The first-order valence-corrected chi connectivity index (χ1v) is 9.66. The van der Waals surface area contributed by atoms with Crippen molar-refractivity contribution in [2.24, 2.45) is 0 Å². The van der Waals surface area contributed by atoms with Crippen molar-refractivity contribution in [1.82, 2.24) is 4.90 Å². The third kappa shape index (κ3) is 4.54. The molecule has 0 unspecified atom stereocenters. The molecule has 8 heteroatoms. The van der Waals surface area contributed by atoms with Crippen molar-refractivity contribution in [2.45, 2.75) is 26.9 Å². The maximum Gasteiger partial charge on any atom is 0.342 e. The molecule has 0 aliphatic carbocycles. The summed E-state index contributed by atoms with van der Waals surface area (Å²) in [5, 5.41) is 10.6. The van der Waals surface area contributed by atoms with E-state index in [1.807, 2.05) is 6.92 Å². The quantitative estimate of drug-likeness (QED) is 0.542. The second-order valence-corrected chi connectivity index (χ2v) is 7.10. The third-order valence-corrected chi connectivity index (χ3v) is 5.33. The van der Waals surface area contributed by atoms with Crippen LogP contribution in [0.5, 0.6) is 11.5 Å². The van der Waals surface area contributed by atoms with Crippen molar-refractivity contribution in [1.29, 1.82) is 0 Å². The maximum absolute atomic E-state index is 12.2. The summed E-state index contributed by atoms with van der Waals surface area (Å²) in [6, 6.07) is 0. The number of morpholine rings is 1. The molecule has 3 rings (SSSR count). The van der Waals surface area contributed by atoms with E-state index >= 15 is 0 Å². The van der Waals surface area contributed by atoms with Gasteiger partial charge in [0.05, 0.1) is 20.3 Å². The van der Waals surface area contributed by atoms with Crippen molar-refractivity contribution in [2.75, 3.05) is 46.6 Å². The molecule has 0 bridgehead atoms. The molecule has 8 nitrogen and oxygen atoms in total. The Morgan fingerprint density at radius 3 is 2.72 bits per heavy atom. The average Bonchev–Trinajstić information content (AvgIpc) is 3.12. The van der Waals surface area contributed by atoms with Gasteiger partial charge in [-0.3, -0.25) is 4.90 Å². The number of cyclic esters (lactones) is 1. The summed E-state index contributed by atoms with van der Waals surface area (Å²) in [6.07, 6.45) is 1.89. The summed E-state index contributed by atoms with van der Waals surface area (Å²) in [7, 11) is 1.51. The van der Waals surface area contributed by atoms with E-state index in [2.05, 4.69) is 4.90 Å². The number of carbonyl (C=O) groups excluding carboxylic acids is 2. The fourth-order valence-electron chi connectivity index (χ4n) is 3.57. The summed E-state index contributed by atoms with van der Waals surface area (Å²) >= 11 is 0. The average molecular weight is 405 g/mol. The van der Waals surface area contributed by atoms with Gasteiger partial charge in [0.1, 0.15) is 30.3 Å². The SMILES string of the molecule is COc1c(C)c2c(c(O)c1C/C=C(\C)C(=O)OCCN1CCOCC1)C(=O)OC2. The van der Waals surface area contributed by atoms with Gasteiger partial charge in [0.15, 0.2) is 0 Å². The van der Waals surface area contributed by atoms with E-state index in [0.717, 1.165) is 18.7 Å². The molecule has 0 saturated carbocycles. The molecule has 1 fully saturated rings. The number of esters is 2. The summed E-state index contributed by atoms with van der Waals surface area (Å²) in [6.45, 7) is 7.66. The van der Waals surface area contributed by atoms with E-state index in [1.165, 1.54) is 7.11 Å². The van der Waals surface area contributed by atoms with E-state index in [0.29, 0.717) is 48.8 Å². The number of phenols is 1. The highest BCUT2D eigenvalue weighted by Crippen LogP contribution is 2.41. The second-order valence-electron chi connectivity index (χ2n) is 7.10. The van der Waals surface area contributed by atoms with Gasteiger partial charge >= 0.3 is 11.9 Å². The molecule has 1 N–H and O–H groups in total. The van der Waals surface area contributed by atoms with Crippen molar-refractivity contribution in [3.8, 4) is 11.5 Å². The van der Waals surface area contributed by atoms with E-state index in [1.54, 1.807) is 13.0 Å². The highest BCUT2D eigenvalue weighted by Gasteiger charge is 2.31. The van der Waals surface area contributed by atoms with Crippen LogP contribution in [0.15, 0.2) is 11.6 Å². The lowest BCUT2D eigenvalue weighted by Crippen LogP contribution is -2.38. The van der Waals surface area contributed by atoms with Gasteiger partial charge in [0, 0.05) is 36.3 Å². The molecule has 0 radical (unpaired) electrons. The van der Waals surface area contributed by atoms with Crippen LogP contribution in [0.3, 0.4) is 0 Å². The second kappa shape index (κ2) is 9.28. The van der Waals surface area contributed by atoms with Crippen LogP contribution < -0.4 is 4.74 Å². The normalized spacial score (nSPS) is 17.1. The minimum Gasteiger partial charge on any atom is -0.507 e. The Labute approximate surface area is 170 Å². The Kier molecular flexibility index (Phi) is 6.76. The molecular formula is C21H27NO7. The summed E-state index contributed by atoms with van der Waals surface area (Å²) in [5.74, 6) is -0.624. The Balaban J connectivity index is 1.67. The monoisotopic (exact) mass is 405 g/mol. The maximum atomic E-state index is 12.2. The topological polar surface area (TPSA) is 94.5 Å². The van der Waals surface area contributed by atoms with E-state index in [-0.39, 0.29) is 24.3 Å². The molecule has 1 aromatic rings. The van der Waals surface area contributed by atoms with E-state index < -0.39 is 11.9 Å². The van der Waals surface area contributed by atoms with Crippen molar-refractivity contribution >= 4 is 11.9 Å². The number of rotatable bonds is 7. The van der Waals surface area contributed by atoms with Crippen LogP contribution in [0.4, 0.5) is 0 Å². The van der Waals surface area contributed by atoms with Gasteiger partial charge in [-0.05, 0) is 25.8 Å². The van der Waals surface area contributed by atoms with Gasteiger partial charge < -0.3 is 24.1 Å². The number of nitrogens with zero attached hydrogens (tertiary/aromatic N) is 1. The molecule has 0 aromatic heterocycles. The minimum absolute atomic E-state index is 0.120. The lowest BCUT2D eigenvalue weighted by atomic mass is 9.95. The zero-order valence-corrected chi connectivity index (χ0v) is 17.1. The Bertz CT molecular complexity index is 825. The highest BCUT2D eigenvalue weighted by atomic mass is 16.5. The molecule has 0 amide bonds. The van der Waals surface area contributed by atoms with Gasteiger partial charge in [0.25, 0.3) is 0 Å². The van der Waals surface area contributed by atoms with Crippen LogP contribution in [0, 0.1) is 6.92 Å². The minimum atomic E-state index is -0.548. The number of aromatic hydroxyl groups is 1.